The van der Waals surface area contributed by atoms with Gasteiger partial charge in [0.15, 0.2) is 0 Å². The second kappa shape index (κ2) is 9.03. The molecule has 4 amide bonds. The predicted octanol–water partition coefficient (Wildman–Crippen LogP) is 2.93. The average molecular weight is 533 g/mol. The Balaban J connectivity index is 1.32. The highest BCUT2D eigenvalue weighted by Crippen LogP contribution is 2.34. The average Bonchev–Trinajstić information content (AvgIpc) is 3.22. The number of amides is 4. The van der Waals surface area contributed by atoms with Crippen LogP contribution < -0.4 is 9.80 Å². The molecule has 36 heavy (non-hydrogen) atoms. The normalized spacial score (nSPS) is 19.0. The van der Waals surface area contributed by atoms with Crippen molar-refractivity contribution in [3.8, 4) is 0 Å². The van der Waals surface area contributed by atoms with Crippen molar-refractivity contribution < 1.29 is 28.0 Å². The summed E-state index contributed by atoms with van der Waals surface area (Å²) in [4.78, 5) is 56.5. The van der Waals surface area contributed by atoms with E-state index in [4.69, 9.17) is 23.2 Å². The minimum absolute atomic E-state index is 0.00693. The largest absolute Gasteiger partial charge is 0.362 e. The van der Waals surface area contributed by atoms with Gasteiger partial charge in [-0.1, -0.05) is 23.2 Å². The lowest BCUT2D eigenvalue weighted by atomic mass is 10.2. The number of carbonyl (C=O) groups is 4. The van der Waals surface area contributed by atoms with Crippen molar-refractivity contribution in [2.24, 2.45) is 0 Å². The number of anilines is 2. The number of imide groups is 2. The van der Waals surface area contributed by atoms with Crippen LogP contribution in [0, 0.1) is 11.6 Å². The molecule has 0 aromatic heterocycles. The van der Waals surface area contributed by atoms with Crippen molar-refractivity contribution >= 4 is 58.2 Å². The van der Waals surface area contributed by atoms with Gasteiger partial charge in [-0.2, -0.15) is 0 Å². The van der Waals surface area contributed by atoms with Gasteiger partial charge < -0.3 is 9.80 Å². The Kier molecular flexibility index (Phi) is 6.01. The molecule has 1 saturated heterocycles. The molecule has 0 radical (unpaired) electrons. The fraction of sp³-hybridized carbons (Fsp3) is 0.167. The first kappa shape index (κ1) is 24.0. The fourth-order valence-electron chi connectivity index (χ4n) is 4.33. The summed E-state index contributed by atoms with van der Waals surface area (Å²) >= 11 is 12.5. The highest BCUT2D eigenvalue weighted by Gasteiger charge is 2.45. The van der Waals surface area contributed by atoms with E-state index >= 15 is 0 Å². The molecule has 1 fully saturated rings. The van der Waals surface area contributed by atoms with Crippen LogP contribution in [-0.4, -0.2) is 59.6 Å². The summed E-state index contributed by atoms with van der Waals surface area (Å²) in [5, 5.41) is -0.519. The van der Waals surface area contributed by atoms with E-state index in [1.807, 2.05) is 0 Å². The molecule has 12 heteroatoms. The van der Waals surface area contributed by atoms with E-state index in [1.54, 1.807) is 9.80 Å². The lowest BCUT2D eigenvalue weighted by molar-refractivity contribution is -0.123. The Hall–Kier alpha value is -3.76. The smallest absolute Gasteiger partial charge is 0.283 e. The van der Waals surface area contributed by atoms with Gasteiger partial charge in [0.05, 0.1) is 11.4 Å². The highest BCUT2D eigenvalue weighted by molar-refractivity contribution is 6.53. The molecule has 2 aromatic carbocycles. The number of hydrogen-bond acceptors (Lipinski definition) is 6. The summed E-state index contributed by atoms with van der Waals surface area (Å²) in [6.07, 6.45) is 0. The minimum Gasteiger partial charge on any atom is -0.362 e. The summed E-state index contributed by atoms with van der Waals surface area (Å²) < 4.78 is 26.6. The Morgan fingerprint density at radius 1 is 0.528 bits per heavy atom. The first-order valence-corrected chi connectivity index (χ1v) is 11.5. The molecule has 0 unspecified atom stereocenters. The number of nitrogens with zero attached hydrogens (tertiary/aromatic N) is 4. The number of hydrogen-bond donors (Lipinski definition) is 0. The Morgan fingerprint density at radius 2 is 0.833 bits per heavy atom. The minimum atomic E-state index is -0.719. The maximum absolute atomic E-state index is 13.3. The zero-order valence-corrected chi connectivity index (χ0v) is 19.9. The van der Waals surface area contributed by atoms with Gasteiger partial charge in [-0.05, 0) is 48.5 Å². The Bertz CT molecular complexity index is 1260. The second-order valence-electron chi connectivity index (χ2n) is 8.14. The van der Waals surface area contributed by atoms with Crippen molar-refractivity contribution in [2.75, 3.05) is 36.0 Å². The molecule has 184 valence electrons. The van der Waals surface area contributed by atoms with Crippen molar-refractivity contribution in [1.82, 2.24) is 9.80 Å². The number of benzene rings is 2. The second-order valence-corrected chi connectivity index (χ2v) is 8.90. The monoisotopic (exact) mass is 532 g/mol. The first-order chi connectivity index (χ1) is 17.2. The molecule has 0 bridgehead atoms. The first-order valence-electron chi connectivity index (χ1n) is 10.8. The van der Waals surface area contributed by atoms with Crippen molar-refractivity contribution in [3.63, 3.8) is 0 Å². The van der Waals surface area contributed by atoms with E-state index in [-0.39, 0.29) is 59.0 Å². The molecule has 0 spiro atoms. The van der Waals surface area contributed by atoms with Gasteiger partial charge in [0.25, 0.3) is 23.6 Å². The third-order valence-corrected chi connectivity index (χ3v) is 6.77. The summed E-state index contributed by atoms with van der Waals surface area (Å²) in [5.41, 5.74) is 0.386. The molecular weight excluding hydrogens is 517 g/mol. The van der Waals surface area contributed by atoms with E-state index in [0.29, 0.717) is 0 Å². The van der Waals surface area contributed by atoms with Crippen LogP contribution in [0.2, 0.25) is 0 Å². The zero-order valence-electron chi connectivity index (χ0n) is 18.4. The van der Waals surface area contributed by atoms with Crippen LogP contribution in [0.25, 0.3) is 0 Å². The quantitative estimate of drug-likeness (QED) is 0.563. The Morgan fingerprint density at radius 3 is 1.14 bits per heavy atom. The van der Waals surface area contributed by atoms with Crippen molar-refractivity contribution in [1.29, 1.82) is 0 Å². The van der Waals surface area contributed by atoms with Crippen molar-refractivity contribution in [2.45, 2.75) is 0 Å². The molecule has 5 rings (SSSR count). The summed E-state index contributed by atoms with van der Waals surface area (Å²) in [5.74, 6) is -3.75. The molecule has 0 atom stereocenters. The lowest BCUT2D eigenvalue weighted by Crippen LogP contribution is -2.48. The van der Waals surface area contributed by atoms with Crippen LogP contribution in [-0.2, 0) is 19.2 Å². The van der Waals surface area contributed by atoms with Crippen LogP contribution in [0.3, 0.4) is 0 Å². The third kappa shape index (κ3) is 3.82. The molecule has 0 saturated carbocycles. The number of piperazine rings is 1. The van der Waals surface area contributed by atoms with Crippen LogP contribution in [0.15, 0.2) is 70.0 Å². The molecule has 3 aliphatic heterocycles. The number of carbonyl (C=O) groups excluding carboxylic acids is 4. The van der Waals surface area contributed by atoms with E-state index in [0.717, 1.165) is 34.1 Å². The van der Waals surface area contributed by atoms with Gasteiger partial charge >= 0.3 is 0 Å². The lowest BCUT2D eigenvalue weighted by Gasteiger charge is -2.37. The standard InChI is InChI=1S/C24H16Cl2F2N4O4/c25-17-19(23(35)31(21(17)33)15-5-1-13(27)2-6-15)29-9-11-30(12-10-29)20-18(26)22(34)32(24(20)36)16-7-3-14(28)4-8-16/h1-8H,9-12H2. The Labute approximate surface area is 213 Å². The zero-order chi connectivity index (χ0) is 25.7. The predicted molar refractivity (Wildman–Crippen MR) is 127 cm³/mol. The molecule has 8 nitrogen and oxygen atoms in total. The molecular formula is C24H16Cl2F2N4O4. The third-order valence-electron chi connectivity index (χ3n) is 6.09. The SMILES string of the molecule is O=C1C(Cl)=C(N2CCN(C3=C(Cl)C(=O)N(c4ccc(F)cc4)C3=O)CC2)C(=O)N1c1ccc(F)cc1. The maximum Gasteiger partial charge on any atom is 0.283 e. The van der Waals surface area contributed by atoms with Crippen LogP contribution in [0.4, 0.5) is 20.2 Å². The number of rotatable bonds is 4. The summed E-state index contributed by atoms with van der Waals surface area (Å²) in [6.45, 7) is 0.808. The highest BCUT2D eigenvalue weighted by atomic mass is 35.5. The van der Waals surface area contributed by atoms with Gasteiger partial charge in [0, 0.05) is 26.2 Å². The van der Waals surface area contributed by atoms with Gasteiger partial charge in [0.2, 0.25) is 0 Å². The van der Waals surface area contributed by atoms with Crippen LogP contribution >= 0.6 is 23.2 Å². The number of halogens is 4. The molecule has 0 aliphatic carbocycles. The van der Waals surface area contributed by atoms with Gasteiger partial charge in [-0.25, -0.2) is 18.6 Å². The molecule has 0 N–H and O–H groups in total. The summed E-state index contributed by atoms with van der Waals surface area (Å²) in [6, 6.07) is 9.75. The maximum atomic E-state index is 13.3. The van der Waals surface area contributed by atoms with Crippen molar-refractivity contribution in [3.05, 3.63) is 81.6 Å². The van der Waals surface area contributed by atoms with E-state index in [2.05, 4.69) is 0 Å². The van der Waals surface area contributed by atoms with E-state index < -0.39 is 35.3 Å². The van der Waals surface area contributed by atoms with Crippen LogP contribution in [0.5, 0.6) is 0 Å². The molecule has 3 heterocycles. The van der Waals surface area contributed by atoms with Gasteiger partial charge in [-0.3, -0.25) is 19.2 Å². The van der Waals surface area contributed by atoms with E-state index in [1.165, 1.54) is 24.3 Å². The molecule has 2 aromatic rings. The van der Waals surface area contributed by atoms with Gasteiger partial charge in [-0.15, -0.1) is 0 Å². The van der Waals surface area contributed by atoms with Gasteiger partial charge in [0.1, 0.15) is 33.1 Å². The summed E-state index contributed by atoms with van der Waals surface area (Å²) in [7, 11) is 0. The fourth-order valence-corrected chi connectivity index (χ4v) is 4.90. The van der Waals surface area contributed by atoms with E-state index in [9.17, 15) is 28.0 Å². The van der Waals surface area contributed by atoms with Crippen LogP contribution in [0.1, 0.15) is 0 Å². The topological polar surface area (TPSA) is 81.2 Å². The molecule has 3 aliphatic rings.